The van der Waals surface area contributed by atoms with Gasteiger partial charge in [0.25, 0.3) is 5.91 Å². The lowest BCUT2D eigenvalue weighted by atomic mass is 9.92. The van der Waals surface area contributed by atoms with Gasteiger partial charge in [0, 0.05) is 14.7 Å². The maximum atomic E-state index is 15.0. The fourth-order valence-electron chi connectivity index (χ4n) is 3.57. The van der Waals surface area contributed by atoms with Gasteiger partial charge in [0.1, 0.15) is 0 Å². The number of anilines is 2. The highest BCUT2D eigenvalue weighted by molar-refractivity contribution is 14.1. The van der Waals surface area contributed by atoms with Gasteiger partial charge >= 0.3 is 24.2 Å². The third kappa shape index (κ3) is 6.56. The van der Waals surface area contributed by atoms with Gasteiger partial charge in [-0.15, -0.1) is 0 Å². The van der Waals surface area contributed by atoms with Gasteiger partial charge in [-0.25, -0.2) is 8.78 Å². The number of Topliss-reactive ketones (excluding diaryl/α,β-unsaturated/α-hetero) is 1. The molecule has 16 heteroatoms. The molecule has 0 bridgehead atoms. The first kappa shape index (κ1) is 32.1. The zero-order chi connectivity index (χ0) is 31.0. The Morgan fingerprint density at radius 1 is 0.780 bits per heavy atom. The molecule has 0 atom stereocenters. The van der Waals surface area contributed by atoms with Gasteiger partial charge in [-0.2, -0.15) is 39.5 Å². The van der Waals surface area contributed by atoms with Crippen LogP contribution in [0.4, 0.5) is 59.7 Å². The summed E-state index contributed by atoms with van der Waals surface area (Å²) in [5, 5.41) is 4.06. The molecule has 0 heterocycles. The molecule has 3 aromatic rings. The van der Waals surface area contributed by atoms with Crippen molar-refractivity contribution in [2.24, 2.45) is 0 Å². The number of carbonyl (C=O) groups is 2. The molecule has 0 aromatic heterocycles. The summed E-state index contributed by atoms with van der Waals surface area (Å²) in [4.78, 5) is 25.0. The molecule has 0 aliphatic rings. The molecule has 3 rings (SSSR count). The SMILES string of the molecule is O=C(CNc1cccc(C(=O)Nc2c(I)cc(C(F)(C(F)(F)F)C(F)(F)F)cc2C(F)(F)F)c1F)c1ccccc1. The zero-order valence-corrected chi connectivity index (χ0v) is 22.0. The fourth-order valence-corrected chi connectivity index (χ4v) is 4.33. The molecule has 0 saturated heterocycles. The van der Waals surface area contributed by atoms with E-state index in [4.69, 9.17) is 0 Å². The largest absolute Gasteiger partial charge is 0.435 e. The Morgan fingerprint density at radius 3 is 1.90 bits per heavy atom. The Hall–Kier alpha value is -3.44. The molecule has 3 aromatic carbocycles. The van der Waals surface area contributed by atoms with E-state index >= 15 is 4.39 Å². The third-order valence-corrected chi connectivity index (χ3v) is 6.44. The quantitative estimate of drug-likeness (QED) is 0.148. The Labute approximate surface area is 237 Å². The molecule has 41 heavy (non-hydrogen) atoms. The number of ketones is 1. The Bertz CT molecular complexity index is 1440. The Kier molecular flexibility index (Phi) is 8.95. The Balaban J connectivity index is 1.99. The third-order valence-electron chi connectivity index (χ3n) is 5.59. The summed E-state index contributed by atoms with van der Waals surface area (Å²) < 4.78 is 149. The van der Waals surface area contributed by atoms with E-state index < -0.39 is 86.0 Å². The highest BCUT2D eigenvalue weighted by Gasteiger charge is 2.73. The first-order valence-electron chi connectivity index (χ1n) is 10.9. The summed E-state index contributed by atoms with van der Waals surface area (Å²) in [5.74, 6) is -3.39. The number of amides is 1. The van der Waals surface area contributed by atoms with Crippen LogP contribution in [0, 0.1) is 9.39 Å². The highest BCUT2D eigenvalue weighted by Crippen LogP contribution is 2.54. The van der Waals surface area contributed by atoms with Crippen LogP contribution in [0.15, 0.2) is 60.7 Å². The van der Waals surface area contributed by atoms with E-state index in [1.54, 1.807) is 23.5 Å². The van der Waals surface area contributed by atoms with Crippen molar-refractivity contribution in [1.29, 1.82) is 0 Å². The van der Waals surface area contributed by atoms with Gasteiger partial charge in [0.2, 0.25) is 0 Å². The predicted octanol–water partition coefficient (Wildman–Crippen LogP) is 8.29. The van der Waals surface area contributed by atoms with E-state index in [2.05, 4.69) is 5.32 Å². The monoisotopic (exact) mass is 710 g/mol. The molecular formula is C25H14F11IN2O2. The smallest absolute Gasteiger partial charge is 0.375 e. The van der Waals surface area contributed by atoms with E-state index in [1.807, 2.05) is 0 Å². The van der Waals surface area contributed by atoms with Crippen LogP contribution < -0.4 is 10.6 Å². The molecule has 1 amide bonds. The first-order chi connectivity index (χ1) is 18.8. The minimum Gasteiger partial charge on any atom is -0.375 e. The Morgan fingerprint density at radius 2 is 1.37 bits per heavy atom. The van der Waals surface area contributed by atoms with Gasteiger partial charge in [-0.1, -0.05) is 36.4 Å². The number of benzene rings is 3. The second-order valence-electron chi connectivity index (χ2n) is 8.30. The van der Waals surface area contributed by atoms with E-state index in [0.29, 0.717) is 0 Å². The van der Waals surface area contributed by atoms with Gasteiger partial charge < -0.3 is 10.6 Å². The summed E-state index contributed by atoms with van der Waals surface area (Å²) in [7, 11) is 0. The number of hydrogen-bond donors (Lipinski definition) is 2. The van der Waals surface area contributed by atoms with Crippen LogP contribution >= 0.6 is 22.6 Å². The second kappa shape index (κ2) is 11.4. The fraction of sp³-hybridized carbons (Fsp3) is 0.200. The normalized spacial score (nSPS) is 12.7. The number of nitrogens with one attached hydrogen (secondary N) is 2. The number of hydrogen-bond acceptors (Lipinski definition) is 3. The van der Waals surface area contributed by atoms with Crippen molar-refractivity contribution in [3.8, 4) is 0 Å². The van der Waals surface area contributed by atoms with E-state index in [0.717, 1.165) is 40.8 Å². The second-order valence-corrected chi connectivity index (χ2v) is 9.46. The summed E-state index contributed by atoms with van der Waals surface area (Å²) >= 11 is 0.882. The molecule has 220 valence electrons. The molecule has 4 nitrogen and oxygen atoms in total. The highest BCUT2D eigenvalue weighted by atomic mass is 127. The molecule has 2 N–H and O–H groups in total. The van der Waals surface area contributed by atoms with Gasteiger partial charge in [0.05, 0.1) is 29.0 Å². The number of alkyl halides is 10. The van der Waals surface area contributed by atoms with Crippen molar-refractivity contribution in [1.82, 2.24) is 0 Å². The minimum atomic E-state index is -6.69. The van der Waals surface area contributed by atoms with Crippen molar-refractivity contribution in [2.75, 3.05) is 17.2 Å². The minimum absolute atomic E-state index is 0.157. The van der Waals surface area contributed by atoms with Crippen LogP contribution in [0.25, 0.3) is 0 Å². The summed E-state index contributed by atoms with van der Waals surface area (Å²) in [5.41, 5.74) is -13.2. The average Bonchev–Trinajstić information content (AvgIpc) is 2.86. The van der Waals surface area contributed by atoms with Crippen molar-refractivity contribution < 1.29 is 57.9 Å². The average molecular weight is 710 g/mol. The van der Waals surface area contributed by atoms with Crippen LogP contribution in [0.3, 0.4) is 0 Å². The molecule has 0 spiro atoms. The molecule has 0 saturated carbocycles. The number of carbonyl (C=O) groups excluding carboxylic acids is 2. The van der Waals surface area contributed by atoms with E-state index in [-0.39, 0.29) is 11.6 Å². The van der Waals surface area contributed by atoms with Gasteiger partial charge in [-0.05, 0) is 46.9 Å². The number of halogens is 12. The van der Waals surface area contributed by atoms with Crippen LogP contribution in [-0.2, 0) is 11.8 Å². The maximum Gasteiger partial charge on any atom is 0.435 e. The van der Waals surface area contributed by atoms with Gasteiger partial charge in [0.15, 0.2) is 11.6 Å². The molecule has 0 fully saturated rings. The predicted molar refractivity (Wildman–Crippen MR) is 133 cm³/mol. The van der Waals surface area contributed by atoms with Crippen molar-refractivity contribution >= 4 is 45.7 Å². The molecule has 0 unspecified atom stereocenters. The standard InChI is InChI=1S/C25H14F11IN2O2/c26-19-14(7-4-8-17(19)38-11-18(40)12-5-2-1-3-6-12)21(41)39-20-15(23(28,29)30)9-13(10-16(20)37)22(27,24(31,32)33)25(34,35)36/h1-10,38H,11H2,(H,39,41). The lowest BCUT2D eigenvalue weighted by molar-refractivity contribution is -0.348. The summed E-state index contributed by atoms with van der Waals surface area (Å²) in [6, 6.07) is 9.88. The first-order valence-corrected chi connectivity index (χ1v) is 12.0. The summed E-state index contributed by atoms with van der Waals surface area (Å²) in [6.45, 7) is -0.451. The lowest BCUT2D eigenvalue weighted by Crippen LogP contribution is -2.50. The van der Waals surface area contributed by atoms with Crippen LogP contribution in [0.2, 0.25) is 0 Å². The molecule has 0 aliphatic heterocycles. The molecule has 0 radical (unpaired) electrons. The molecule has 0 aliphatic carbocycles. The molecular weight excluding hydrogens is 696 g/mol. The van der Waals surface area contributed by atoms with Crippen molar-refractivity contribution in [2.45, 2.75) is 24.2 Å². The maximum absolute atomic E-state index is 15.0. The summed E-state index contributed by atoms with van der Waals surface area (Å²) in [6.07, 6.45) is -19.1. The topological polar surface area (TPSA) is 58.2 Å². The van der Waals surface area contributed by atoms with Crippen molar-refractivity contribution in [3.63, 3.8) is 0 Å². The van der Waals surface area contributed by atoms with Crippen molar-refractivity contribution in [3.05, 3.63) is 92.3 Å². The van der Waals surface area contributed by atoms with Crippen LogP contribution in [0.5, 0.6) is 0 Å². The lowest BCUT2D eigenvalue weighted by Gasteiger charge is -2.31. The van der Waals surface area contributed by atoms with E-state index in [1.165, 1.54) is 12.1 Å². The van der Waals surface area contributed by atoms with Crippen LogP contribution in [-0.4, -0.2) is 30.6 Å². The van der Waals surface area contributed by atoms with Gasteiger partial charge in [-0.3, -0.25) is 9.59 Å². The number of rotatable bonds is 7. The zero-order valence-electron chi connectivity index (χ0n) is 19.8. The van der Waals surface area contributed by atoms with Crippen LogP contribution in [0.1, 0.15) is 31.8 Å². The van der Waals surface area contributed by atoms with E-state index in [9.17, 15) is 53.5 Å².